The summed E-state index contributed by atoms with van der Waals surface area (Å²) in [4.78, 5) is 0. The zero-order valence-electron chi connectivity index (χ0n) is 12.2. The van der Waals surface area contributed by atoms with Gasteiger partial charge in [-0.3, -0.25) is 0 Å². The zero-order chi connectivity index (χ0) is 13.6. The van der Waals surface area contributed by atoms with Crippen molar-refractivity contribution in [1.82, 2.24) is 5.32 Å². The topological polar surface area (TPSA) is 12.0 Å². The second-order valence-electron chi connectivity index (χ2n) is 6.12. The number of hydrogen-bond donors (Lipinski definition) is 1. The summed E-state index contributed by atoms with van der Waals surface area (Å²) in [7, 11) is -0.291. The second kappa shape index (κ2) is 7.05. The van der Waals surface area contributed by atoms with Gasteiger partial charge in [0, 0.05) is 11.7 Å². The molecule has 0 spiro atoms. The largest absolute Gasteiger partial charge is 0.310 e. The van der Waals surface area contributed by atoms with E-state index in [-0.39, 0.29) is 9.52 Å². The maximum Gasteiger partial charge on any atom is 0.0791 e. The molecule has 1 saturated carbocycles. The van der Waals surface area contributed by atoms with E-state index in [1.54, 1.807) is 10.8 Å². The molecular weight excluding hydrogens is 258 g/mol. The van der Waals surface area contributed by atoms with Gasteiger partial charge in [-0.25, -0.2) is 0 Å². The van der Waals surface area contributed by atoms with Gasteiger partial charge in [-0.15, -0.1) is 0 Å². The van der Waals surface area contributed by atoms with Crippen molar-refractivity contribution in [2.24, 2.45) is 0 Å². The third-order valence-electron chi connectivity index (χ3n) is 4.57. The van der Waals surface area contributed by atoms with Crippen LogP contribution in [0.4, 0.5) is 0 Å². The Labute approximate surface area is 125 Å². The first-order chi connectivity index (χ1) is 9.92. The summed E-state index contributed by atoms with van der Waals surface area (Å²) in [5.41, 5.74) is 2.27. The molecule has 1 aromatic rings. The third kappa shape index (κ3) is 3.71. The van der Waals surface area contributed by atoms with E-state index in [1.165, 1.54) is 32.1 Å². The highest BCUT2D eigenvalue weighted by atomic mass is 28.2. The number of hydrogen-bond acceptors (Lipinski definition) is 1. The predicted molar refractivity (Wildman–Crippen MR) is 90.3 cm³/mol. The molecule has 20 heavy (non-hydrogen) atoms. The highest BCUT2D eigenvalue weighted by Crippen LogP contribution is 2.21. The quantitative estimate of drug-likeness (QED) is 0.819. The Kier molecular flexibility index (Phi) is 4.88. The summed E-state index contributed by atoms with van der Waals surface area (Å²) in [6.45, 7) is 0. The molecule has 1 nitrogen and oxygen atoms in total. The van der Waals surface area contributed by atoms with Gasteiger partial charge in [0.15, 0.2) is 0 Å². The smallest absolute Gasteiger partial charge is 0.0791 e. The molecule has 0 amide bonds. The molecule has 2 heteroatoms. The minimum absolute atomic E-state index is 0.291. The van der Waals surface area contributed by atoms with Crippen LogP contribution in [0.5, 0.6) is 0 Å². The number of nitrogens with one attached hydrogen (secondary N) is 1. The Bertz CT molecular complexity index is 471. The minimum Gasteiger partial charge on any atom is -0.310 e. The molecule has 1 atom stereocenters. The van der Waals surface area contributed by atoms with Crippen LogP contribution in [0.1, 0.15) is 38.5 Å². The average Bonchev–Trinajstić information content (AvgIpc) is 3.03. The summed E-state index contributed by atoms with van der Waals surface area (Å²) in [5.74, 6) is 0. The molecule has 1 aromatic carbocycles. The summed E-state index contributed by atoms with van der Waals surface area (Å²) in [6.07, 6.45) is 15.0. The Morgan fingerprint density at radius 3 is 2.55 bits per heavy atom. The van der Waals surface area contributed by atoms with Crippen LogP contribution in [0, 0.1) is 0 Å². The molecule has 0 heterocycles. The lowest BCUT2D eigenvalue weighted by Gasteiger charge is -2.29. The highest BCUT2D eigenvalue weighted by molar-refractivity contribution is 6.55. The van der Waals surface area contributed by atoms with Crippen LogP contribution < -0.4 is 10.5 Å². The summed E-state index contributed by atoms with van der Waals surface area (Å²) < 4.78 is 0. The van der Waals surface area contributed by atoms with E-state index in [0.717, 1.165) is 12.5 Å². The van der Waals surface area contributed by atoms with Crippen LogP contribution in [0.15, 0.2) is 54.1 Å². The van der Waals surface area contributed by atoms with Crippen LogP contribution in [0.3, 0.4) is 0 Å². The Balaban J connectivity index is 1.67. The second-order valence-corrected chi connectivity index (χ2v) is 8.16. The van der Waals surface area contributed by atoms with Gasteiger partial charge in [0.2, 0.25) is 0 Å². The molecule has 106 valence electrons. The number of benzene rings is 1. The first kappa shape index (κ1) is 13.8. The van der Waals surface area contributed by atoms with Gasteiger partial charge in [-0.1, -0.05) is 78.6 Å². The highest BCUT2D eigenvalue weighted by Gasteiger charge is 2.21. The van der Waals surface area contributed by atoms with Crippen molar-refractivity contribution in [2.75, 3.05) is 0 Å². The SMILES string of the molecule is C1=CCC(C(NC2CCCCC2)[SiH2]c2ccccc2)=C1. The zero-order valence-corrected chi connectivity index (χ0v) is 13.6. The van der Waals surface area contributed by atoms with E-state index in [1.807, 2.05) is 0 Å². The monoisotopic (exact) mass is 283 g/mol. The minimum atomic E-state index is -0.291. The normalized spacial score (nSPS) is 21.5. The Morgan fingerprint density at radius 2 is 1.85 bits per heavy atom. The van der Waals surface area contributed by atoms with E-state index < -0.39 is 0 Å². The fraction of sp³-hybridized carbons (Fsp3) is 0.444. The predicted octanol–water partition coefficient (Wildman–Crippen LogP) is 2.62. The van der Waals surface area contributed by atoms with Gasteiger partial charge in [-0.05, 0) is 19.3 Å². The van der Waals surface area contributed by atoms with E-state index in [9.17, 15) is 0 Å². The molecular formula is C18H25NSi. The summed E-state index contributed by atoms with van der Waals surface area (Å²) in [6, 6.07) is 11.9. The van der Waals surface area contributed by atoms with Crippen LogP contribution in [-0.2, 0) is 0 Å². The van der Waals surface area contributed by atoms with Crippen LogP contribution in [-0.4, -0.2) is 21.2 Å². The molecule has 0 aliphatic heterocycles. The van der Waals surface area contributed by atoms with Gasteiger partial charge in [0.1, 0.15) is 0 Å². The molecule has 2 aliphatic rings. The maximum absolute atomic E-state index is 4.00. The van der Waals surface area contributed by atoms with Crippen LogP contribution in [0.2, 0.25) is 0 Å². The molecule has 0 radical (unpaired) electrons. The van der Waals surface area contributed by atoms with E-state index in [2.05, 4.69) is 53.9 Å². The van der Waals surface area contributed by atoms with Crippen molar-refractivity contribution >= 4 is 14.7 Å². The first-order valence-corrected chi connectivity index (χ1v) is 9.60. The fourth-order valence-electron chi connectivity index (χ4n) is 3.42. The molecule has 0 bridgehead atoms. The number of rotatable bonds is 5. The van der Waals surface area contributed by atoms with Gasteiger partial charge in [0.25, 0.3) is 0 Å². The van der Waals surface area contributed by atoms with E-state index in [0.29, 0.717) is 5.67 Å². The molecule has 1 unspecified atom stereocenters. The first-order valence-electron chi connectivity index (χ1n) is 8.07. The number of allylic oxidation sites excluding steroid dienone is 3. The Hall–Kier alpha value is -1.12. The van der Waals surface area contributed by atoms with Gasteiger partial charge < -0.3 is 5.32 Å². The molecule has 1 N–H and O–H groups in total. The average molecular weight is 283 g/mol. The molecule has 1 fully saturated rings. The van der Waals surface area contributed by atoms with Gasteiger partial charge in [0.05, 0.1) is 9.52 Å². The van der Waals surface area contributed by atoms with Crippen LogP contribution >= 0.6 is 0 Å². The van der Waals surface area contributed by atoms with Crippen molar-refractivity contribution in [1.29, 1.82) is 0 Å². The Morgan fingerprint density at radius 1 is 1.05 bits per heavy atom. The standard InChI is InChI=1S/C18H25NSi/c1-3-11-16(12-4-1)19-18(15-9-7-8-10-15)20-17-13-5-2-6-14-17/h2,5-9,13-14,16,18-19H,1,3-4,10-12,20H2. The van der Waals surface area contributed by atoms with Crippen LogP contribution in [0.25, 0.3) is 0 Å². The van der Waals surface area contributed by atoms with E-state index in [4.69, 9.17) is 0 Å². The van der Waals surface area contributed by atoms with Crippen molar-refractivity contribution in [2.45, 2.75) is 50.2 Å². The molecule has 3 rings (SSSR count). The van der Waals surface area contributed by atoms with Crippen molar-refractivity contribution < 1.29 is 0 Å². The molecule has 0 aromatic heterocycles. The summed E-state index contributed by atoms with van der Waals surface area (Å²) >= 11 is 0. The lowest BCUT2D eigenvalue weighted by molar-refractivity contribution is 0.373. The summed E-state index contributed by atoms with van der Waals surface area (Å²) in [5, 5.41) is 5.58. The van der Waals surface area contributed by atoms with Crippen molar-refractivity contribution in [3.63, 3.8) is 0 Å². The van der Waals surface area contributed by atoms with Gasteiger partial charge in [-0.2, -0.15) is 0 Å². The lowest BCUT2D eigenvalue weighted by Crippen LogP contribution is -2.47. The van der Waals surface area contributed by atoms with E-state index >= 15 is 0 Å². The molecule has 2 aliphatic carbocycles. The third-order valence-corrected chi connectivity index (χ3v) is 6.68. The maximum atomic E-state index is 4.00. The van der Waals surface area contributed by atoms with Gasteiger partial charge >= 0.3 is 0 Å². The van der Waals surface area contributed by atoms with Crippen molar-refractivity contribution in [3.05, 3.63) is 54.1 Å². The van der Waals surface area contributed by atoms with Crippen molar-refractivity contribution in [3.8, 4) is 0 Å². The lowest BCUT2D eigenvalue weighted by atomic mass is 9.95. The molecule has 0 saturated heterocycles. The fourth-order valence-corrected chi connectivity index (χ4v) is 5.45.